The van der Waals surface area contributed by atoms with Gasteiger partial charge in [-0.3, -0.25) is 4.79 Å². The van der Waals surface area contributed by atoms with E-state index in [-0.39, 0.29) is 12.4 Å². The summed E-state index contributed by atoms with van der Waals surface area (Å²) in [6.07, 6.45) is 0.0990. The molecular weight excluding hydrogens is 362 g/mol. The number of carbonyl (C=O) groups excluding carboxylic acids is 1. The van der Waals surface area contributed by atoms with Gasteiger partial charge in [0.25, 0.3) is 0 Å². The second-order valence-corrected chi connectivity index (χ2v) is 5.76. The molecule has 0 fully saturated rings. The van der Waals surface area contributed by atoms with Crippen molar-refractivity contribution in [1.82, 2.24) is 5.16 Å². The lowest BCUT2D eigenvalue weighted by Gasteiger charge is -2.06. The summed E-state index contributed by atoms with van der Waals surface area (Å²) in [4.78, 5) is 11.7. The normalized spacial score (nSPS) is 11.0. The van der Waals surface area contributed by atoms with Crippen molar-refractivity contribution in [3.63, 3.8) is 0 Å². The summed E-state index contributed by atoms with van der Waals surface area (Å²) in [6, 6.07) is 9.66. The van der Waals surface area contributed by atoms with E-state index in [1.807, 2.05) is 30.3 Å². The molecule has 0 bridgehead atoms. The van der Waals surface area contributed by atoms with Crippen LogP contribution < -0.4 is 4.74 Å². The molecule has 0 amide bonds. The van der Waals surface area contributed by atoms with Gasteiger partial charge >= 0.3 is 5.97 Å². The summed E-state index contributed by atoms with van der Waals surface area (Å²) in [5, 5.41) is 7.65. The summed E-state index contributed by atoms with van der Waals surface area (Å²) >= 11 is 3.34. The van der Waals surface area contributed by atoms with Gasteiger partial charge in [-0.1, -0.05) is 27.2 Å². The molecule has 0 radical (unpaired) electrons. The Kier molecular flexibility index (Phi) is 4.81. The Hall–Kier alpha value is -2.08. The first-order valence-electron chi connectivity index (χ1n) is 7.38. The van der Waals surface area contributed by atoms with E-state index in [0.29, 0.717) is 24.5 Å². The molecule has 6 heteroatoms. The summed E-state index contributed by atoms with van der Waals surface area (Å²) in [5.41, 5.74) is 1.25. The Morgan fingerprint density at radius 2 is 2.17 bits per heavy atom. The number of carbonyl (C=O) groups is 1. The summed E-state index contributed by atoms with van der Waals surface area (Å²) in [7, 11) is 0. The van der Waals surface area contributed by atoms with E-state index in [2.05, 4.69) is 21.1 Å². The van der Waals surface area contributed by atoms with Gasteiger partial charge in [0.05, 0.1) is 25.0 Å². The van der Waals surface area contributed by atoms with Gasteiger partial charge < -0.3 is 14.0 Å². The highest BCUT2D eigenvalue weighted by atomic mass is 79.9. The number of esters is 1. The van der Waals surface area contributed by atoms with Gasteiger partial charge in [0.2, 0.25) is 0 Å². The second kappa shape index (κ2) is 7.00. The fourth-order valence-corrected chi connectivity index (χ4v) is 2.69. The third-order valence-electron chi connectivity index (χ3n) is 3.46. The smallest absolute Gasteiger partial charge is 0.312 e. The van der Waals surface area contributed by atoms with Crippen LogP contribution in [0.2, 0.25) is 0 Å². The zero-order valence-electron chi connectivity index (χ0n) is 12.7. The van der Waals surface area contributed by atoms with Crippen LogP contribution in [0.1, 0.15) is 12.6 Å². The van der Waals surface area contributed by atoms with E-state index < -0.39 is 0 Å². The highest BCUT2D eigenvalue weighted by molar-refractivity contribution is 9.09. The first-order valence-corrected chi connectivity index (χ1v) is 8.50. The van der Waals surface area contributed by atoms with Crippen molar-refractivity contribution in [1.29, 1.82) is 0 Å². The van der Waals surface area contributed by atoms with Crippen LogP contribution in [0.3, 0.4) is 0 Å². The first-order chi connectivity index (χ1) is 11.2. The molecule has 2 aromatic carbocycles. The highest BCUT2D eigenvalue weighted by Gasteiger charge is 2.16. The van der Waals surface area contributed by atoms with Crippen molar-refractivity contribution >= 4 is 43.6 Å². The quantitative estimate of drug-likeness (QED) is 0.482. The van der Waals surface area contributed by atoms with Crippen LogP contribution in [0.4, 0.5) is 0 Å². The maximum Gasteiger partial charge on any atom is 0.312 e. The van der Waals surface area contributed by atoms with Gasteiger partial charge in [0.1, 0.15) is 11.4 Å². The van der Waals surface area contributed by atoms with Gasteiger partial charge in [-0.25, -0.2) is 0 Å². The lowest BCUT2D eigenvalue weighted by Crippen LogP contribution is -2.07. The molecule has 0 aliphatic rings. The molecule has 0 aliphatic heterocycles. The van der Waals surface area contributed by atoms with Crippen LogP contribution in [0.25, 0.3) is 21.7 Å². The molecule has 23 heavy (non-hydrogen) atoms. The molecule has 0 unspecified atom stereocenters. The maximum absolute atomic E-state index is 11.7. The van der Waals surface area contributed by atoms with E-state index in [1.54, 1.807) is 6.92 Å². The van der Waals surface area contributed by atoms with Crippen molar-refractivity contribution in [2.75, 3.05) is 18.5 Å². The summed E-state index contributed by atoms with van der Waals surface area (Å²) in [5.74, 6) is 0.497. The van der Waals surface area contributed by atoms with E-state index >= 15 is 0 Å². The number of aromatic nitrogens is 1. The molecule has 3 rings (SSSR count). The van der Waals surface area contributed by atoms with E-state index in [4.69, 9.17) is 14.0 Å². The molecule has 0 spiro atoms. The molecule has 120 valence electrons. The lowest BCUT2D eigenvalue weighted by atomic mass is 10.0. The van der Waals surface area contributed by atoms with Crippen LogP contribution >= 0.6 is 15.9 Å². The minimum atomic E-state index is -0.308. The number of alkyl halides is 1. The molecule has 1 heterocycles. The second-order valence-electron chi connectivity index (χ2n) is 4.97. The van der Waals surface area contributed by atoms with E-state index in [0.717, 1.165) is 27.2 Å². The number of fused-ring (bicyclic) bond motifs is 3. The highest BCUT2D eigenvalue weighted by Crippen LogP contribution is 2.31. The number of nitrogens with zero attached hydrogens (tertiary/aromatic N) is 1. The van der Waals surface area contributed by atoms with Crippen molar-refractivity contribution < 1.29 is 18.8 Å². The van der Waals surface area contributed by atoms with Crippen molar-refractivity contribution in [3.05, 3.63) is 36.0 Å². The lowest BCUT2D eigenvalue weighted by molar-refractivity contribution is -0.142. The molecule has 0 aliphatic carbocycles. The number of rotatable bonds is 6. The van der Waals surface area contributed by atoms with Crippen LogP contribution in [-0.2, 0) is 16.0 Å². The Morgan fingerprint density at radius 1 is 1.30 bits per heavy atom. The maximum atomic E-state index is 11.7. The fourth-order valence-electron chi connectivity index (χ4n) is 2.53. The molecule has 3 aromatic rings. The first kappa shape index (κ1) is 15.8. The van der Waals surface area contributed by atoms with Crippen molar-refractivity contribution in [3.8, 4) is 5.75 Å². The fraction of sp³-hybridized carbons (Fsp3) is 0.294. The monoisotopic (exact) mass is 377 g/mol. The van der Waals surface area contributed by atoms with Crippen molar-refractivity contribution in [2.24, 2.45) is 0 Å². The molecule has 0 atom stereocenters. The molecule has 0 saturated carbocycles. The zero-order chi connectivity index (χ0) is 16.2. The number of benzene rings is 2. The predicted octanol–water partition coefficient (Wildman–Crippen LogP) is 3.86. The number of halogens is 1. The summed E-state index contributed by atoms with van der Waals surface area (Å²) in [6.45, 7) is 2.74. The Bertz CT molecular complexity index is 843. The Morgan fingerprint density at radius 3 is 2.96 bits per heavy atom. The largest absolute Gasteiger partial charge is 0.493 e. The average Bonchev–Trinajstić information content (AvgIpc) is 2.96. The standard InChI is InChI=1S/C17H16BrNO4/c1-2-21-16(20)10-14-17-13-5-4-12(22-8-7-18)9-11(13)3-6-15(17)23-19-14/h3-6,9H,2,7-8,10H2,1H3. The zero-order valence-corrected chi connectivity index (χ0v) is 14.3. The van der Waals surface area contributed by atoms with Gasteiger partial charge in [0, 0.05) is 5.33 Å². The van der Waals surface area contributed by atoms with E-state index in [9.17, 15) is 4.79 Å². The molecule has 1 aromatic heterocycles. The molecule has 0 N–H and O–H groups in total. The predicted molar refractivity (Wildman–Crippen MR) is 91.1 cm³/mol. The van der Waals surface area contributed by atoms with E-state index in [1.165, 1.54) is 0 Å². The number of ether oxygens (including phenoxy) is 2. The topological polar surface area (TPSA) is 61.6 Å². The minimum absolute atomic E-state index is 0.0990. The van der Waals surface area contributed by atoms with Crippen LogP contribution in [0.5, 0.6) is 5.75 Å². The number of hydrogen-bond donors (Lipinski definition) is 0. The third kappa shape index (κ3) is 3.32. The number of hydrogen-bond acceptors (Lipinski definition) is 5. The average molecular weight is 378 g/mol. The molecule has 5 nitrogen and oxygen atoms in total. The van der Waals surface area contributed by atoms with Crippen LogP contribution in [0, 0.1) is 0 Å². The Labute approximate surface area is 141 Å². The van der Waals surface area contributed by atoms with Crippen LogP contribution in [0.15, 0.2) is 34.9 Å². The van der Waals surface area contributed by atoms with Gasteiger partial charge in [-0.15, -0.1) is 0 Å². The Balaban J connectivity index is 2.03. The third-order valence-corrected chi connectivity index (χ3v) is 3.78. The van der Waals surface area contributed by atoms with Gasteiger partial charge in [-0.05, 0) is 42.0 Å². The summed E-state index contributed by atoms with van der Waals surface area (Å²) < 4.78 is 16.0. The van der Waals surface area contributed by atoms with Crippen molar-refractivity contribution in [2.45, 2.75) is 13.3 Å². The molecule has 0 saturated heterocycles. The SMILES string of the molecule is CCOC(=O)Cc1noc2ccc3cc(OCCBr)ccc3c12. The van der Waals surface area contributed by atoms with Crippen LogP contribution in [-0.4, -0.2) is 29.7 Å². The molecular formula is C17H16BrNO4. The van der Waals surface area contributed by atoms with Gasteiger partial charge in [0.15, 0.2) is 5.58 Å². The minimum Gasteiger partial charge on any atom is -0.493 e. The van der Waals surface area contributed by atoms with Gasteiger partial charge in [-0.2, -0.15) is 0 Å².